The molecule has 8 nitrogen and oxygen atoms in total. The molecule has 4 aromatic rings. The highest BCUT2D eigenvalue weighted by atomic mass is 35.5. The van der Waals surface area contributed by atoms with Crippen LogP contribution in [0.5, 0.6) is 5.88 Å². The third-order valence-electron chi connectivity index (χ3n) is 4.68. The first-order chi connectivity index (χ1) is 14.9. The fourth-order valence-corrected chi connectivity index (χ4v) is 3.28. The number of hydrogen-bond donors (Lipinski definition) is 1. The summed E-state index contributed by atoms with van der Waals surface area (Å²) >= 11 is 6.32. The summed E-state index contributed by atoms with van der Waals surface area (Å²) in [5.41, 5.74) is 2.22. The summed E-state index contributed by atoms with van der Waals surface area (Å²) in [5.74, 6) is 0.309. The topological polar surface area (TPSA) is 94.8 Å². The van der Waals surface area contributed by atoms with E-state index in [9.17, 15) is 4.79 Å². The number of hydrogen-bond acceptors (Lipinski definition) is 6. The first-order valence-electron chi connectivity index (χ1n) is 9.78. The lowest BCUT2D eigenvalue weighted by molar-refractivity contribution is -0.124. The van der Waals surface area contributed by atoms with Gasteiger partial charge in [0.05, 0.1) is 16.9 Å². The van der Waals surface area contributed by atoms with E-state index in [-0.39, 0.29) is 17.7 Å². The van der Waals surface area contributed by atoms with Crippen molar-refractivity contribution in [3.8, 4) is 11.6 Å². The largest absolute Gasteiger partial charge is 0.463 e. The third kappa shape index (κ3) is 4.34. The van der Waals surface area contributed by atoms with Gasteiger partial charge in [-0.05, 0) is 36.6 Å². The third-order valence-corrected chi connectivity index (χ3v) is 4.99. The van der Waals surface area contributed by atoms with Gasteiger partial charge >= 0.3 is 0 Å². The number of anilines is 1. The molecule has 0 bridgehead atoms. The Hall–Kier alpha value is -3.52. The molecule has 0 saturated heterocycles. The van der Waals surface area contributed by atoms with Crippen LogP contribution in [0.4, 0.5) is 5.82 Å². The number of nitrogens with zero attached hydrogens (tertiary/aromatic N) is 5. The second-order valence-electron chi connectivity index (χ2n) is 7.42. The first kappa shape index (κ1) is 20.7. The van der Waals surface area contributed by atoms with Crippen LogP contribution in [0, 0.1) is 12.8 Å². The van der Waals surface area contributed by atoms with Crippen LogP contribution in [0.25, 0.3) is 16.7 Å². The molecule has 0 saturated carbocycles. The lowest BCUT2D eigenvalue weighted by atomic mass is 10.1. The number of ether oxygens (including phenoxy) is 1. The van der Waals surface area contributed by atoms with Crippen molar-refractivity contribution in [1.29, 1.82) is 0 Å². The summed E-state index contributed by atoms with van der Waals surface area (Å²) in [6, 6.07) is 11.0. The number of carbonyl (C=O) groups excluding carboxylic acids is 1. The predicted octanol–water partition coefficient (Wildman–Crippen LogP) is 4.21. The van der Waals surface area contributed by atoms with Crippen LogP contribution in [0.3, 0.4) is 0 Å². The fraction of sp³-hybridized carbons (Fsp3) is 0.227. The lowest BCUT2D eigenvalue weighted by Crippen LogP contribution is -2.37. The highest BCUT2D eigenvalue weighted by Gasteiger charge is 2.27. The Kier molecular flexibility index (Phi) is 5.81. The number of pyridine rings is 1. The molecular weight excluding hydrogens is 416 g/mol. The van der Waals surface area contributed by atoms with Gasteiger partial charge in [-0.3, -0.25) is 4.79 Å². The van der Waals surface area contributed by atoms with Crippen molar-refractivity contribution >= 4 is 34.4 Å². The van der Waals surface area contributed by atoms with Crippen molar-refractivity contribution in [3.63, 3.8) is 0 Å². The van der Waals surface area contributed by atoms with Gasteiger partial charge in [0.1, 0.15) is 17.5 Å². The number of nitrogens with one attached hydrogen (secondary N) is 1. The number of amides is 1. The molecule has 0 spiro atoms. The monoisotopic (exact) mass is 436 g/mol. The van der Waals surface area contributed by atoms with Gasteiger partial charge in [-0.15, -0.1) is 0 Å². The predicted molar refractivity (Wildman–Crippen MR) is 119 cm³/mol. The molecule has 0 unspecified atom stereocenters. The Morgan fingerprint density at radius 1 is 1.10 bits per heavy atom. The Labute approximate surface area is 184 Å². The molecule has 0 aliphatic rings. The Balaban J connectivity index is 1.63. The fourth-order valence-electron chi connectivity index (χ4n) is 3.07. The van der Waals surface area contributed by atoms with Crippen LogP contribution >= 0.6 is 11.6 Å². The number of aryl methyl sites for hydroxylation is 1. The highest BCUT2D eigenvalue weighted by Crippen LogP contribution is 2.28. The van der Waals surface area contributed by atoms with Crippen molar-refractivity contribution in [3.05, 3.63) is 65.7 Å². The molecule has 158 valence electrons. The van der Waals surface area contributed by atoms with Gasteiger partial charge in [-0.25, -0.2) is 19.6 Å². The maximum Gasteiger partial charge on any atom is 0.266 e. The summed E-state index contributed by atoms with van der Waals surface area (Å²) in [5, 5.41) is 8.32. The van der Waals surface area contributed by atoms with Gasteiger partial charge in [0.2, 0.25) is 5.88 Å². The van der Waals surface area contributed by atoms with Crippen molar-refractivity contribution in [2.24, 2.45) is 5.92 Å². The zero-order valence-electron chi connectivity index (χ0n) is 17.3. The normalized spacial score (nSPS) is 12.2. The van der Waals surface area contributed by atoms with E-state index < -0.39 is 6.10 Å². The second kappa shape index (κ2) is 8.69. The van der Waals surface area contributed by atoms with Gasteiger partial charge in [0, 0.05) is 6.20 Å². The summed E-state index contributed by atoms with van der Waals surface area (Å²) in [6.07, 6.45) is 3.89. The Morgan fingerprint density at radius 2 is 1.90 bits per heavy atom. The molecule has 3 aromatic heterocycles. The quantitative estimate of drug-likeness (QED) is 0.486. The molecule has 0 aliphatic heterocycles. The molecule has 4 rings (SSSR count). The smallest absolute Gasteiger partial charge is 0.266 e. The summed E-state index contributed by atoms with van der Waals surface area (Å²) in [7, 11) is 0. The average Bonchev–Trinajstić information content (AvgIpc) is 3.18. The van der Waals surface area contributed by atoms with Crippen molar-refractivity contribution < 1.29 is 9.53 Å². The van der Waals surface area contributed by atoms with Gasteiger partial charge in [0.15, 0.2) is 11.8 Å². The molecular formula is C22H21ClN6O2. The van der Waals surface area contributed by atoms with Crippen LogP contribution in [-0.2, 0) is 4.79 Å². The van der Waals surface area contributed by atoms with E-state index in [1.54, 1.807) is 29.2 Å². The lowest BCUT2D eigenvalue weighted by Gasteiger charge is -2.21. The van der Waals surface area contributed by atoms with Crippen LogP contribution in [-0.4, -0.2) is 36.7 Å². The summed E-state index contributed by atoms with van der Waals surface area (Å²) in [6.45, 7) is 5.73. The van der Waals surface area contributed by atoms with E-state index in [0.717, 1.165) is 5.56 Å². The van der Waals surface area contributed by atoms with Crippen LogP contribution in [0.2, 0.25) is 5.02 Å². The van der Waals surface area contributed by atoms with E-state index >= 15 is 0 Å². The van der Waals surface area contributed by atoms with E-state index in [2.05, 4.69) is 25.4 Å². The number of benzene rings is 1. The molecule has 0 aliphatic carbocycles. The van der Waals surface area contributed by atoms with Crippen LogP contribution in [0.15, 0.2) is 55.1 Å². The van der Waals surface area contributed by atoms with E-state index in [1.165, 1.54) is 6.33 Å². The summed E-state index contributed by atoms with van der Waals surface area (Å²) < 4.78 is 7.67. The molecule has 1 amide bonds. The molecule has 1 N–H and O–H groups in total. The van der Waals surface area contributed by atoms with Gasteiger partial charge in [0.25, 0.3) is 5.91 Å². The van der Waals surface area contributed by atoms with Crippen LogP contribution < -0.4 is 10.1 Å². The van der Waals surface area contributed by atoms with E-state index in [4.69, 9.17) is 16.3 Å². The maximum atomic E-state index is 12.9. The molecule has 1 aromatic carbocycles. The van der Waals surface area contributed by atoms with Crippen molar-refractivity contribution in [1.82, 2.24) is 24.7 Å². The van der Waals surface area contributed by atoms with Gasteiger partial charge < -0.3 is 10.1 Å². The standard InChI is InChI=1S/C22H21ClN6O2/c1-13(2)19(21(30)28-18-9-8-14(3)10-24-18)31-22-15-11-27-29(20(15)25-12-26-22)17-7-5-4-6-16(17)23/h4-13,19H,1-3H3,(H,24,28,30)/t19-/m0/s1. The summed E-state index contributed by atoms with van der Waals surface area (Å²) in [4.78, 5) is 25.7. The van der Waals surface area contributed by atoms with E-state index in [0.29, 0.717) is 27.6 Å². The highest BCUT2D eigenvalue weighted by molar-refractivity contribution is 6.32. The molecule has 3 heterocycles. The zero-order chi connectivity index (χ0) is 22.0. The number of aromatic nitrogens is 5. The molecule has 0 fully saturated rings. The van der Waals surface area contributed by atoms with Crippen molar-refractivity contribution in [2.75, 3.05) is 5.32 Å². The molecule has 9 heteroatoms. The number of carbonyl (C=O) groups is 1. The Morgan fingerprint density at radius 3 is 2.61 bits per heavy atom. The molecule has 0 radical (unpaired) electrons. The zero-order valence-corrected chi connectivity index (χ0v) is 18.0. The number of fused-ring (bicyclic) bond motifs is 1. The van der Waals surface area contributed by atoms with Crippen molar-refractivity contribution in [2.45, 2.75) is 26.9 Å². The minimum atomic E-state index is -0.787. The molecule has 31 heavy (non-hydrogen) atoms. The van der Waals surface area contributed by atoms with Gasteiger partial charge in [-0.1, -0.05) is 43.6 Å². The van der Waals surface area contributed by atoms with Gasteiger partial charge in [-0.2, -0.15) is 5.10 Å². The number of para-hydroxylation sites is 1. The van der Waals surface area contributed by atoms with E-state index in [1.807, 2.05) is 45.0 Å². The number of rotatable bonds is 6. The minimum Gasteiger partial charge on any atom is -0.463 e. The average molecular weight is 437 g/mol. The second-order valence-corrected chi connectivity index (χ2v) is 7.82. The Bertz CT molecular complexity index is 1220. The maximum absolute atomic E-state index is 12.9. The molecule has 1 atom stereocenters. The van der Waals surface area contributed by atoms with Crippen LogP contribution in [0.1, 0.15) is 19.4 Å². The first-order valence-corrected chi connectivity index (χ1v) is 10.2. The SMILES string of the molecule is Cc1ccc(NC(=O)[C@@H](Oc2ncnc3c2cnn3-c2ccccc2Cl)C(C)C)nc1. The number of halogens is 1. The minimum absolute atomic E-state index is 0.117.